The first kappa shape index (κ1) is 78.6. The summed E-state index contributed by atoms with van der Waals surface area (Å²) in [6.07, 6.45) is 87.4. The zero-order chi connectivity index (χ0) is 57.8. The molecule has 1 amide bonds. The van der Waals surface area contributed by atoms with Crippen molar-refractivity contribution in [2.45, 2.75) is 437 Å². The Morgan fingerprint density at radius 3 is 0.850 bits per heavy atom. The lowest BCUT2D eigenvalue weighted by Gasteiger charge is -2.20. The lowest BCUT2D eigenvalue weighted by atomic mass is 10.0. The standard InChI is InChI=1S/C74H145NO5/c1-3-5-7-9-11-13-15-17-19-34-38-42-46-50-54-58-62-66-72(77)71(70-76)75-73(78)67-63-59-55-51-47-43-39-36-32-30-28-26-24-22-21-23-25-27-29-31-33-37-41-45-49-53-57-61-65-69-80-74(79)68-64-60-56-52-48-44-40-35-20-18-16-14-12-10-8-6-4-2/h62,66,71-72,76-77H,3-61,63-65,67-70H2,1-2H3,(H,75,78)/b66-62+. The highest BCUT2D eigenvalue weighted by atomic mass is 16.5. The van der Waals surface area contributed by atoms with E-state index in [1.54, 1.807) is 6.08 Å². The number of rotatable bonds is 70. The summed E-state index contributed by atoms with van der Waals surface area (Å²) < 4.78 is 5.51. The summed E-state index contributed by atoms with van der Waals surface area (Å²) in [7, 11) is 0. The predicted octanol–water partition coefficient (Wildman–Crippen LogP) is 23.9. The van der Waals surface area contributed by atoms with Gasteiger partial charge >= 0.3 is 5.97 Å². The fourth-order valence-corrected chi connectivity index (χ4v) is 11.9. The third-order valence-corrected chi connectivity index (χ3v) is 17.6. The number of esters is 1. The summed E-state index contributed by atoms with van der Waals surface area (Å²) in [4.78, 5) is 24.6. The van der Waals surface area contributed by atoms with Gasteiger partial charge in [0.15, 0.2) is 0 Å². The Kier molecular flexibility index (Phi) is 68.9. The highest BCUT2D eigenvalue weighted by molar-refractivity contribution is 5.76. The molecule has 0 spiro atoms. The van der Waals surface area contributed by atoms with E-state index < -0.39 is 12.1 Å². The van der Waals surface area contributed by atoms with Crippen molar-refractivity contribution in [2.24, 2.45) is 0 Å². The molecule has 0 bridgehead atoms. The zero-order valence-electron chi connectivity index (χ0n) is 54.6. The zero-order valence-corrected chi connectivity index (χ0v) is 54.6. The van der Waals surface area contributed by atoms with Crippen LogP contribution in [0.5, 0.6) is 0 Å². The molecule has 0 aromatic heterocycles. The van der Waals surface area contributed by atoms with E-state index >= 15 is 0 Å². The minimum absolute atomic E-state index is 0.0242. The van der Waals surface area contributed by atoms with E-state index in [2.05, 4.69) is 19.2 Å². The Labute approximate surface area is 501 Å². The molecule has 2 atom stereocenters. The summed E-state index contributed by atoms with van der Waals surface area (Å²) in [5.41, 5.74) is 0. The maximum Gasteiger partial charge on any atom is 0.305 e. The fraction of sp³-hybridized carbons (Fsp3) is 0.946. The van der Waals surface area contributed by atoms with Gasteiger partial charge in [0.2, 0.25) is 5.91 Å². The van der Waals surface area contributed by atoms with Gasteiger partial charge in [-0.3, -0.25) is 9.59 Å². The van der Waals surface area contributed by atoms with Crippen LogP contribution in [0.1, 0.15) is 425 Å². The maximum atomic E-state index is 12.5. The molecule has 0 aromatic rings. The molecule has 2 unspecified atom stereocenters. The van der Waals surface area contributed by atoms with Crippen molar-refractivity contribution < 1.29 is 24.5 Å². The number of allylic oxidation sites excluding steroid dienone is 1. The van der Waals surface area contributed by atoms with Crippen LogP contribution in [-0.2, 0) is 14.3 Å². The second-order valence-corrected chi connectivity index (χ2v) is 25.6. The first-order valence-corrected chi connectivity index (χ1v) is 37.0. The van der Waals surface area contributed by atoms with E-state index in [0.717, 1.165) is 38.5 Å². The number of aliphatic hydroxyl groups excluding tert-OH is 2. The second kappa shape index (κ2) is 70.1. The minimum atomic E-state index is -0.842. The number of amides is 1. The van der Waals surface area contributed by atoms with Crippen molar-refractivity contribution >= 4 is 11.9 Å². The molecule has 0 saturated carbocycles. The topological polar surface area (TPSA) is 95.9 Å². The molecule has 0 aliphatic carbocycles. The van der Waals surface area contributed by atoms with E-state index in [0.29, 0.717) is 19.4 Å². The monoisotopic (exact) mass is 1130 g/mol. The van der Waals surface area contributed by atoms with E-state index in [4.69, 9.17) is 4.74 Å². The summed E-state index contributed by atoms with van der Waals surface area (Å²) in [6, 6.07) is -0.625. The molecule has 0 heterocycles. The van der Waals surface area contributed by atoms with Crippen LogP contribution in [0.3, 0.4) is 0 Å². The summed E-state index contributed by atoms with van der Waals surface area (Å²) in [5.74, 6) is -0.0364. The number of nitrogens with one attached hydrogen (secondary N) is 1. The number of carbonyl (C=O) groups is 2. The minimum Gasteiger partial charge on any atom is -0.466 e. The number of hydrogen-bond acceptors (Lipinski definition) is 5. The molecule has 0 saturated heterocycles. The van der Waals surface area contributed by atoms with E-state index in [-0.39, 0.29) is 18.5 Å². The number of carbonyl (C=O) groups excluding carboxylic acids is 2. The van der Waals surface area contributed by atoms with Crippen LogP contribution < -0.4 is 5.32 Å². The van der Waals surface area contributed by atoms with E-state index in [1.165, 1.54) is 360 Å². The Balaban J connectivity index is 3.33. The third kappa shape index (κ3) is 65.7. The highest BCUT2D eigenvalue weighted by Crippen LogP contribution is 2.20. The number of aliphatic hydroxyl groups is 2. The van der Waals surface area contributed by atoms with Crippen LogP contribution in [-0.4, -0.2) is 47.4 Å². The van der Waals surface area contributed by atoms with Gasteiger partial charge in [0.25, 0.3) is 0 Å². The van der Waals surface area contributed by atoms with Gasteiger partial charge in [-0.25, -0.2) is 0 Å². The Morgan fingerprint density at radius 1 is 0.338 bits per heavy atom. The summed E-state index contributed by atoms with van der Waals surface area (Å²) >= 11 is 0. The van der Waals surface area contributed by atoms with Gasteiger partial charge in [-0.05, 0) is 32.1 Å². The van der Waals surface area contributed by atoms with Crippen molar-refractivity contribution in [1.82, 2.24) is 5.32 Å². The average molecular weight is 1130 g/mol. The smallest absolute Gasteiger partial charge is 0.305 e. The lowest BCUT2D eigenvalue weighted by Crippen LogP contribution is -2.45. The predicted molar refractivity (Wildman–Crippen MR) is 352 cm³/mol. The SMILES string of the molecule is CCCCCCCCCCCCCCCCC/C=C/C(O)C(CO)NC(=O)CCCCCCCCCCCCCCCCCCCCCCCCCCCCCCCOC(=O)CCCCCCCCCCCCCCCCCCC. The van der Waals surface area contributed by atoms with Crippen LogP contribution in [0, 0.1) is 0 Å². The van der Waals surface area contributed by atoms with Gasteiger partial charge in [-0.2, -0.15) is 0 Å². The first-order valence-electron chi connectivity index (χ1n) is 37.0. The van der Waals surface area contributed by atoms with Crippen molar-refractivity contribution in [1.29, 1.82) is 0 Å². The van der Waals surface area contributed by atoms with Crippen LogP contribution >= 0.6 is 0 Å². The van der Waals surface area contributed by atoms with Crippen molar-refractivity contribution in [3.05, 3.63) is 12.2 Å². The molecule has 476 valence electrons. The Hall–Kier alpha value is -1.40. The first-order chi connectivity index (χ1) is 39.5. The van der Waals surface area contributed by atoms with Gasteiger partial charge < -0.3 is 20.3 Å². The molecule has 0 aromatic carbocycles. The number of ether oxygens (including phenoxy) is 1. The molecule has 0 aliphatic heterocycles. The molecule has 6 heteroatoms. The van der Waals surface area contributed by atoms with Crippen LogP contribution in [0.2, 0.25) is 0 Å². The fourth-order valence-electron chi connectivity index (χ4n) is 11.9. The molecule has 0 rings (SSSR count). The molecule has 6 nitrogen and oxygen atoms in total. The number of hydrogen-bond donors (Lipinski definition) is 3. The highest BCUT2D eigenvalue weighted by Gasteiger charge is 2.18. The van der Waals surface area contributed by atoms with Crippen LogP contribution in [0.15, 0.2) is 12.2 Å². The summed E-state index contributed by atoms with van der Waals surface area (Å²) in [5, 5.41) is 23.2. The van der Waals surface area contributed by atoms with Gasteiger partial charge in [0, 0.05) is 12.8 Å². The van der Waals surface area contributed by atoms with Crippen LogP contribution in [0.25, 0.3) is 0 Å². The molecule has 0 radical (unpaired) electrons. The second-order valence-electron chi connectivity index (χ2n) is 25.6. The van der Waals surface area contributed by atoms with Gasteiger partial charge in [0.1, 0.15) is 0 Å². The molecule has 80 heavy (non-hydrogen) atoms. The molecular weight excluding hydrogens is 983 g/mol. The quantitative estimate of drug-likeness (QED) is 0.0320. The lowest BCUT2D eigenvalue weighted by molar-refractivity contribution is -0.143. The number of unbranched alkanes of at least 4 members (excludes halogenated alkanes) is 59. The molecule has 0 fully saturated rings. The van der Waals surface area contributed by atoms with E-state index in [1.807, 2.05) is 6.08 Å². The van der Waals surface area contributed by atoms with E-state index in [9.17, 15) is 19.8 Å². The largest absolute Gasteiger partial charge is 0.466 e. The molecule has 3 N–H and O–H groups in total. The van der Waals surface area contributed by atoms with Crippen molar-refractivity contribution in [3.63, 3.8) is 0 Å². The van der Waals surface area contributed by atoms with Crippen molar-refractivity contribution in [3.8, 4) is 0 Å². The van der Waals surface area contributed by atoms with Crippen LogP contribution in [0.4, 0.5) is 0 Å². The van der Waals surface area contributed by atoms with Crippen molar-refractivity contribution in [2.75, 3.05) is 13.2 Å². The van der Waals surface area contributed by atoms with Gasteiger partial charge in [0.05, 0.1) is 25.4 Å². The molecule has 0 aliphatic rings. The average Bonchev–Trinajstić information content (AvgIpc) is 3.46. The third-order valence-electron chi connectivity index (χ3n) is 17.6. The molecular formula is C74H145NO5. The van der Waals surface area contributed by atoms with Gasteiger partial charge in [-0.15, -0.1) is 0 Å². The maximum absolute atomic E-state index is 12.5. The Bertz CT molecular complexity index is 1210. The normalized spacial score (nSPS) is 12.5. The Morgan fingerprint density at radius 2 is 0.575 bits per heavy atom. The summed E-state index contributed by atoms with van der Waals surface area (Å²) in [6.45, 7) is 4.96. The van der Waals surface area contributed by atoms with Gasteiger partial charge in [-0.1, -0.05) is 392 Å².